The minimum Gasteiger partial charge on any atom is -0.486 e. The standard InChI is InChI=1S/C28H35ClN2O4/c1-18-11-13-21(14-12-18)27(28(33)30-23-8-6-7-19(2)20(23)3)31(26(32)15-29)16-22-17-34-24-9-4-5-10-25(24)35-22/h4-5,9-14,19-20,22-23,27H,6-8,15-17H2,1-3H3,(H,30,33)/t19-,20+,22+,23+,27+/m0/s1. The number of aryl methyl sites for hydroxylation is 1. The van der Waals surface area contributed by atoms with E-state index in [2.05, 4.69) is 19.2 Å². The lowest BCUT2D eigenvalue weighted by Crippen LogP contribution is -2.52. The lowest BCUT2D eigenvalue weighted by molar-refractivity contribution is -0.141. The van der Waals surface area contributed by atoms with Crippen molar-refractivity contribution in [3.8, 4) is 11.5 Å². The zero-order valence-corrected chi connectivity index (χ0v) is 21.5. The summed E-state index contributed by atoms with van der Waals surface area (Å²) in [4.78, 5) is 28.5. The molecule has 0 unspecified atom stereocenters. The van der Waals surface area contributed by atoms with Gasteiger partial charge in [-0.15, -0.1) is 11.6 Å². The van der Waals surface area contributed by atoms with E-state index in [0.29, 0.717) is 23.3 Å². The summed E-state index contributed by atoms with van der Waals surface area (Å²) in [5, 5.41) is 3.28. The highest BCUT2D eigenvalue weighted by molar-refractivity contribution is 6.27. The molecule has 2 amide bonds. The topological polar surface area (TPSA) is 67.9 Å². The average molecular weight is 499 g/mol. The number of para-hydroxylation sites is 2. The Hall–Kier alpha value is -2.73. The molecule has 0 saturated heterocycles. The number of ether oxygens (including phenoxy) is 2. The molecule has 1 aliphatic heterocycles. The van der Waals surface area contributed by atoms with Crippen LogP contribution in [0.3, 0.4) is 0 Å². The number of fused-ring (bicyclic) bond motifs is 1. The molecule has 0 spiro atoms. The first-order chi connectivity index (χ1) is 16.9. The number of amides is 2. The summed E-state index contributed by atoms with van der Waals surface area (Å²) in [6.07, 6.45) is 2.78. The molecule has 1 N–H and O–H groups in total. The minimum absolute atomic E-state index is 0.0771. The normalized spacial score (nSPS) is 24.3. The molecule has 1 aliphatic carbocycles. The lowest BCUT2D eigenvalue weighted by atomic mass is 9.78. The van der Waals surface area contributed by atoms with Crippen LogP contribution in [0, 0.1) is 18.8 Å². The number of rotatable bonds is 7. The van der Waals surface area contributed by atoms with Crippen molar-refractivity contribution in [3.05, 3.63) is 59.7 Å². The van der Waals surface area contributed by atoms with Gasteiger partial charge < -0.3 is 19.7 Å². The Morgan fingerprint density at radius 2 is 1.80 bits per heavy atom. The summed E-state index contributed by atoms with van der Waals surface area (Å²) in [6, 6.07) is 14.5. The van der Waals surface area contributed by atoms with Gasteiger partial charge in [0.1, 0.15) is 18.5 Å². The molecule has 1 fully saturated rings. The predicted octanol–water partition coefficient (Wildman–Crippen LogP) is 4.88. The van der Waals surface area contributed by atoms with Gasteiger partial charge in [0.15, 0.2) is 17.6 Å². The fourth-order valence-corrected chi connectivity index (χ4v) is 5.22. The quantitative estimate of drug-likeness (QED) is 0.552. The summed E-state index contributed by atoms with van der Waals surface area (Å²) in [6.45, 7) is 6.89. The first kappa shape index (κ1) is 25.4. The van der Waals surface area contributed by atoms with E-state index in [1.807, 2.05) is 55.5 Å². The van der Waals surface area contributed by atoms with E-state index in [-0.39, 0.29) is 36.9 Å². The summed E-state index contributed by atoms with van der Waals surface area (Å²) in [7, 11) is 0. The number of nitrogens with zero attached hydrogens (tertiary/aromatic N) is 1. The molecule has 0 bridgehead atoms. The molecule has 6 nitrogen and oxygen atoms in total. The Bertz CT molecular complexity index is 1030. The molecular formula is C28H35ClN2O4. The molecule has 2 aliphatic rings. The van der Waals surface area contributed by atoms with E-state index < -0.39 is 12.1 Å². The third-order valence-electron chi connectivity index (χ3n) is 7.39. The maximum atomic E-state index is 13.8. The Kier molecular flexibility index (Phi) is 8.22. The second-order valence-corrected chi connectivity index (χ2v) is 10.1. The van der Waals surface area contributed by atoms with Crippen molar-refractivity contribution < 1.29 is 19.1 Å². The van der Waals surface area contributed by atoms with Crippen LogP contribution >= 0.6 is 11.6 Å². The van der Waals surface area contributed by atoms with Crippen LogP contribution < -0.4 is 14.8 Å². The van der Waals surface area contributed by atoms with E-state index in [1.54, 1.807) is 4.90 Å². The Morgan fingerprint density at radius 1 is 1.09 bits per heavy atom. The number of carbonyl (C=O) groups is 2. The summed E-state index contributed by atoms with van der Waals surface area (Å²) in [5.41, 5.74) is 1.83. The maximum absolute atomic E-state index is 13.8. The first-order valence-electron chi connectivity index (χ1n) is 12.5. The van der Waals surface area contributed by atoms with Crippen molar-refractivity contribution in [2.24, 2.45) is 11.8 Å². The van der Waals surface area contributed by atoms with Gasteiger partial charge in [0.25, 0.3) is 0 Å². The SMILES string of the molecule is Cc1ccc([C@H](C(=O)N[C@@H]2CCC[C@H](C)[C@H]2C)N(C[C@@H]2COc3ccccc3O2)C(=O)CCl)cc1. The van der Waals surface area contributed by atoms with Crippen molar-refractivity contribution in [1.82, 2.24) is 10.2 Å². The molecule has 2 aromatic rings. The highest BCUT2D eigenvalue weighted by atomic mass is 35.5. The number of alkyl halides is 1. The van der Waals surface area contributed by atoms with Gasteiger partial charge in [-0.25, -0.2) is 0 Å². The average Bonchev–Trinajstić information content (AvgIpc) is 2.87. The molecule has 188 valence electrons. The Labute approximate surface area is 212 Å². The second-order valence-electron chi connectivity index (χ2n) is 9.87. The van der Waals surface area contributed by atoms with Crippen molar-refractivity contribution in [1.29, 1.82) is 0 Å². The van der Waals surface area contributed by atoms with Crippen LogP contribution in [-0.4, -0.2) is 47.9 Å². The fourth-order valence-electron chi connectivity index (χ4n) is 5.07. The van der Waals surface area contributed by atoms with Gasteiger partial charge in [-0.2, -0.15) is 0 Å². The minimum atomic E-state index is -0.813. The van der Waals surface area contributed by atoms with E-state index in [0.717, 1.165) is 24.0 Å². The number of nitrogens with one attached hydrogen (secondary N) is 1. The lowest BCUT2D eigenvalue weighted by Gasteiger charge is -2.38. The summed E-state index contributed by atoms with van der Waals surface area (Å²) < 4.78 is 12.0. The predicted molar refractivity (Wildman–Crippen MR) is 137 cm³/mol. The van der Waals surface area contributed by atoms with Crippen molar-refractivity contribution in [3.63, 3.8) is 0 Å². The molecule has 7 heteroatoms. The van der Waals surface area contributed by atoms with Crippen molar-refractivity contribution >= 4 is 23.4 Å². The largest absolute Gasteiger partial charge is 0.486 e. The van der Waals surface area contributed by atoms with Crippen LogP contribution in [0.25, 0.3) is 0 Å². The molecule has 0 radical (unpaired) electrons. The first-order valence-corrected chi connectivity index (χ1v) is 13.0. The highest BCUT2D eigenvalue weighted by Gasteiger charge is 2.37. The molecule has 4 rings (SSSR count). The molecule has 2 aromatic carbocycles. The zero-order valence-electron chi connectivity index (χ0n) is 20.7. The van der Waals surface area contributed by atoms with Crippen molar-refractivity contribution in [2.45, 2.75) is 58.2 Å². The third kappa shape index (κ3) is 5.92. The van der Waals surface area contributed by atoms with Gasteiger partial charge in [0, 0.05) is 6.04 Å². The zero-order chi connectivity index (χ0) is 24.9. The molecule has 1 saturated carbocycles. The van der Waals surface area contributed by atoms with E-state index in [4.69, 9.17) is 21.1 Å². The highest BCUT2D eigenvalue weighted by Crippen LogP contribution is 2.33. The van der Waals surface area contributed by atoms with Gasteiger partial charge >= 0.3 is 0 Å². The maximum Gasteiger partial charge on any atom is 0.247 e. The molecule has 1 heterocycles. The van der Waals surface area contributed by atoms with Crippen LogP contribution in [0.15, 0.2) is 48.5 Å². The van der Waals surface area contributed by atoms with Gasteiger partial charge in [-0.05, 0) is 42.9 Å². The van der Waals surface area contributed by atoms with Gasteiger partial charge in [-0.1, -0.05) is 68.7 Å². The van der Waals surface area contributed by atoms with Gasteiger partial charge in [-0.3, -0.25) is 9.59 Å². The molecular weight excluding hydrogens is 464 g/mol. The Morgan fingerprint density at radius 3 is 2.51 bits per heavy atom. The Balaban J connectivity index is 1.61. The van der Waals surface area contributed by atoms with Crippen molar-refractivity contribution in [2.75, 3.05) is 19.0 Å². The number of hydrogen-bond acceptors (Lipinski definition) is 4. The van der Waals surface area contributed by atoms with Crippen LogP contribution in [0.1, 0.15) is 50.3 Å². The number of hydrogen-bond donors (Lipinski definition) is 1. The number of halogens is 1. The monoisotopic (exact) mass is 498 g/mol. The molecule has 0 aromatic heterocycles. The van der Waals surface area contributed by atoms with Crippen LogP contribution in [0.2, 0.25) is 0 Å². The van der Waals surface area contributed by atoms with Gasteiger partial charge in [0.2, 0.25) is 11.8 Å². The summed E-state index contributed by atoms with van der Waals surface area (Å²) >= 11 is 6.05. The third-order valence-corrected chi connectivity index (χ3v) is 7.62. The number of benzene rings is 2. The second kappa shape index (κ2) is 11.3. The molecule has 5 atom stereocenters. The van der Waals surface area contributed by atoms with Crippen LogP contribution in [-0.2, 0) is 9.59 Å². The smallest absolute Gasteiger partial charge is 0.247 e. The number of carbonyl (C=O) groups excluding carboxylic acids is 2. The van der Waals surface area contributed by atoms with E-state index in [1.165, 1.54) is 6.42 Å². The summed E-state index contributed by atoms with van der Waals surface area (Å²) in [5.74, 6) is 1.48. The van der Waals surface area contributed by atoms with E-state index >= 15 is 0 Å². The van der Waals surface area contributed by atoms with E-state index in [9.17, 15) is 9.59 Å². The van der Waals surface area contributed by atoms with Crippen LogP contribution in [0.5, 0.6) is 11.5 Å². The fraction of sp³-hybridized carbons (Fsp3) is 0.500. The van der Waals surface area contributed by atoms with Crippen LogP contribution in [0.4, 0.5) is 0 Å². The molecule has 35 heavy (non-hydrogen) atoms. The van der Waals surface area contributed by atoms with Gasteiger partial charge in [0.05, 0.1) is 6.54 Å².